The summed E-state index contributed by atoms with van der Waals surface area (Å²) in [6.07, 6.45) is 0. The lowest BCUT2D eigenvalue weighted by atomic mass is 10.3. The number of piperazine rings is 1. The second-order valence-electron chi connectivity index (χ2n) is 4.91. The molecule has 1 unspecified atom stereocenters. The van der Waals surface area contributed by atoms with Gasteiger partial charge in [-0.1, -0.05) is 0 Å². The van der Waals surface area contributed by atoms with Crippen LogP contribution < -0.4 is 10.6 Å². The van der Waals surface area contributed by atoms with Crippen molar-refractivity contribution < 1.29 is 19.5 Å². The highest BCUT2D eigenvalue weighted by Gasteiger charge is 2.32. The van der Waals surface area contributed by atoms with E-state index in [2.05, 4.69) is 10.6 Å². The third kappa shape index (κ3) is 4.24. The first-order chi connectivity index (χ1) is 10.1. The quantitative estimate of drug-likeness (QED) is 0.594. The number of carbonyl (C=O) groups is 3. The van der Waals surface area contributed by atoms with Crippen LogP contribution in [0.3, 0.4) is 0 Å². The second-order valence-corrected chi connectivity index (χ2v) is 6.06. The van der Waals surface area contributed by atoms with Crippen LogP contribution >= 0.6 is 11.8 Å². The first-order valence-corrected chi connectivity index (χ1v) is 8.08. The van der Waals surface area contributed by atoms with Gasteiger partial charge in [0.25, 0.3) is 0 Å². The molecule has 2 heterocycles. The van der Waals surface area contributed by atoms with E-state index in [1.54, 1.807) is 4.90 Å². The van der Waals surface area contributed by atoms with E-state index in [1.165, 1.54) is 16.7 Å². The van der Waals surface area contributed by atoms with E-state index in [1.807, 2.05) is 0 Å². The Morgan fingerprint density at radius 2 is 1.95 bits per heavy atom. The molecule has 9 heteroatoms. The fraction of sp³-hybridized carbons (Fsp3) is 0.750. The Morgan fingerprint density at radius 1 is 1.24 bits per heavy atom. The third-order valence-electron chi connectivity index (χ3n) is 3.53. The lowest BCUT2D eigenvalue weighted by Crippen LogP contribution is -2.56. The molecule has 0 aromatic rings. The first kappa shape index (κ1) is 15.9. The summed E-state index contributed by atoms with van der Waals surface area (Å²) in [5.41, 5.74) is 0. The number of aliphatic carboxylic acids is 1. The van der Waals surface area contributed by atoms with Crippen molar-refractivity contribution in [1.29, 1.82) is 0 Å². The van der Waals surface area contributed by atoms with Gasteiger partial charge in [-0.15, -0.1) is 0 Å². The molecule has 0 spiro atoms. The number of hydrogen-bond acceptors (Lipinski definition) is 5. The van der Waals surface area contributed by atoms with Gasteiger partial charge in [-0.3, -0.25) is 4.79 Å². The zero-order chi connectivity index (χ0) is 15.2. The van der Waals surface area contributed by atoms with Crippen molar-refractivity contribution in [3.63, 3.8) is 0 Å². The van der Waals surface area contributed by atoms with Crippen LogP contribution in [0, 0.1) is 0 Å². The Morgan fingerprint density at radius 3 is 2.62 bits per heavy atom. The third-order valence-corrected chi connectivity index (χ3v) is 4.56. The molecular formula is C12H20N4O4S. The average molecular weight is 316 g/mol. The Bertz CT molecular complexity index is 414. The van der Waals surface area contributed by atoms with E-state index in [0.717, 1.165) is 13.1 Å². The summed E-state index contributed by atoms with van der Waals surface area (Å²) in [7, 11) is 0. The SMILES string of the molecule is O=C(O)C1CSCCN1C(=O)NCC(=O)N1CCNCC1. The Labute approximate surface area is 127 Å². The number of thioether (sulfide) groups is 1. The van der Waals surface area contributed by atoms with E-state index in [9.17, 15) is 14.4 Å². The van der Waals surface area contributed by atoms with Crippen LogP contribution in [0.2, 0.25) is 0 Å². The highest BCUT2D eigenvalue weighted by molar-refractivity contribution is 7.99. The minimum Gasteiger partial charge on any atom is -0.480 e. The summed E-state index contributed by atoms with van der Waals surface area (Å²) in [5.74, 6) is -0.0499. The molecular weight excluding hydrogens is 296 g/mol. The van der Waals surface area contributed by atoms with Gasteiger partial charge in [0.15, 0.2) is 0 Å². The van der Waals surface area contributed by atoms with Crippen LogP contribution in [-0.2, 0) is 9.59 Å². The van der Waals surface area contributed by atoms with Crippen molar-refractivity contribution in [1.82, 2.24) is 20.4 Å². The molecule has 1 atom stereocenters. The number of nitrogens with one attached hydrogen (secondary N) is 2. The molecule has 2 aliphatic heterocycles. The number of hydrogen-bond donors (Lipinski definition) is 3. The topological polar surface area (TPSA) is 102 Å². The van der Waals surface area contributed by atoms with Gasteiger partial charge in [0.2, 0.25) is 5.91 Å². The van der Waals surface area contributed by atoms with Crippen LogP contribution in [0.5, 0.6) is 0 Å². The molecule has 8 nitrogen and oxygen atoms in total. The molecule has 0 aromatic heterocycles. The van der Waals surface area contributed by atoms with E-state index in [0.29, 0.717) is 31.1 Å². The summed E-state index contributed by atoms with van der Waals surface area (Å²) in [6, 6.07) is -1.30. The van der Waals surface area contributed by atoms with Crippen LogP contribution in [-0.4, -0.2) is 89.6 Å². The van der Waals surface area contributed by atoms with Gasteiger partial charge in [-0.2, -0.15) is 11.8 Å². The predicted octanol–water partition coefficient (Wildman–Crippen LogP) is -1.37. The zero-order valence-corrected chi connectivity index (χ0v) is 12.5. The van der Waals surface area contributed by atoms with Crippen molar-refractivity contribution in [3.8, 4) is 0 Å². The number of rotatable bonds is 3. The summed E-state index contributed by atoms with van der Waals surface area (Å²) >= 11 is 1.51. The molecule has 0 radical (unpaired) electrons. The fourth-order valence-corrected chi connectivity index (χ4v) is 3.37. The van der Waals surface area contributed by atoms with Crippen LogP contribution in [0.1, 0.15) is 0 Å². The number of carboxylic acid groups (broad SMARTS) is 1. The highest BCUT2D eigenvalue weighted by Crippen LogP contribution is 2.16. The van der Waals surface area contributed by atoms with E-state index in [4.69, 9.17) is 5.11 Å². The molecule has 21 heavy (non-hydrogen) atoms. The predicted molar refractivity (Wildman–Crippen MR) is 78.3 cm³/mol. The number of carbonyl (C=O) groups excluding carboxylic acids is 2. The van der Waals surface area contributed by atoms with E-state index < -0.39 is 18.0 Å². The maximum absolute atomic E-state index is 12.1. The standard InChI is InChI=1S/C12H20N4O4S/c17-10(15-3-1-13-2-4-15)7-14-12(20)16-5-6-21-8-9(16)11(18)19/h9,13H,1-8H2,(H,14,20)(H,18,19). The van der Waals surface area contributed by atoms with Crippen molar-refractivity contribution in [2.75, 3.05) is 50.8 Å². The molecule has 3 amide bonds. The van der Waals surface area contributed by atoms with Gasteiger partial charge < -0.3 is 25.5 Å². The average Bonchev–Trinajstić information content (AvgIpc) is 2.53. The van der Waals surface area contributed by atoms with Gasteiger partial charge in [-0.05, 0) is 0 Å². The summed E-state index contributed by atoms with van der Waals surface area (Å²) in [5, 5.41) is 14.8. The lowest BCUT2D eigenvalue weighted by Gasteiger charge is -2.33. The fourth-order valence-electron chi connectivity index (χ4n) is 2.33. The highest BCUT2D eigenvalue weighted by atomic mass is 32.2. The Hall–Kier alpha value is -1.48. The lowest BCUT2D eigenvalue weighted by molar-refractivity contribution is -0.141. The van der Waals surface area contributed by atoms with Crippen LogP contribution in [0.15, 0.2) is 0 Å². The van der Waals surface area contributed by atoms with Crippen LogP contribution in [0.25, 0.3) is 0 Å². The molecule has 3 N–H and O–H groups in total. The summed E-state index contributed by atoms with van der Waals surface area (Å²) in [6.45, 7) is 3.07. The summed E-state index contributed by atoms with van der Waals surface area (Å²) < 4.78 is 0. The van der Waals surface area contributed by atoms with Crippen molar-refractivity contribution in [2.45, 2.75) is 6.04 Å². The number of amides is 3. The number of urea groups is 1. The Kier molecular flexibility index (Phi) is 5.68. The minimum absolute atomic E-state index is 0.0885. The second kappa shape index (κ2) is 7.51. The monoisotopic (exact) mass is 316 g/mol. The molecule has 2 aliphatic rings. The smallest absolute Gasteiger partial charge is 0.327 e. The summed E-state index contributed by atoms with van der Waals surface area (Å²) in [4.78, 5) is 38.1. The molecule has 0 aromatic carbocycles. The number of nitrogens with zero attached hydrogens (tertiary/aromatic N) is 2. The molecule has 2 saturated heterocycles. The maximum atomic E-state index is 12.1. The molecule has 118 valence electrons. The first-order valence-electron chi connectivity index (χ1n) is 6.93. The molecule has 0 aliphatic carbocycles. The van der Waals surface area contributed by atoms with Crippen LogP contribution in [0.4, 0.5) is 4.79 Å². The molecule has 2 fully saturated rings. The minimum atomic E-state index is -1.01. The zero-order valence-electron chi connectivity index (χ0n) is 11.7. The Balaban J connectivity index is 1.82. The van der Waals surface area contributed by atoms with Crippen molar-refractivity contribution in [3.05, 3.63) is 0 Å². The van der Waals surface area contributed by atoms with E-state index in [-0.39, 0.29) is 12.5 Å². The van der Waals surface area contributed by atoms with E-state index >= 15 is 0 Å². The molecule has 2 rings (SSSR count). The van der Waals surface area contributed by atoms with Crippen molar-refractivity contribution in [2.24, 2.45) is 0 Å². The van der Waals surface area contributed by atoms with Gasteiger partial charge in [0.1, 0.15) is 6.04 Å². The normalized spacial score (nSPS) is 22.8. The number of carboxylic acids is 1. The molecule has 0 bridgehead atoms. The van der Waals surface area contributed by atoms with Gasteiger partial charge in [-0.25, -0.2) is 9.59 Å². The largest absolute Gasteiger partial charge is 0.480 e. The van der Waals surface area contributed by atoms with Gasteiger partial charge >= 0.3 is 12.0 Å². The van der Waals surface area contributed by atoms with Crippen molar-refractivity contribution >= 4 is 29.7 Å². The van der Waals surface area contributed by atoms with Gasteiger partial charge in [0, 0.05) is 44.2 Å². The molecule has 0 saturated carbocycles. The maximum Gasteiger partial charge on any atom is 0.327 e. The van der Waals surface area contributed by atoms with Gasteiger partial charge in [0.05, 0.1) is 6.54 Å².